The molecule has 1 aromatic heterocycles. The van der Waals surface area contributed by atoms with Crippen LogP contribution < -0.4 is 15.5 Å². The molecule has 4 bridgehead atoms. The number of nitrogens with one attached hydrogen (secondary N) is 2. The lowest BCUT2D eigenvalue weighted by Gasteiger charge is -2.55. The third-order valence-electron chi connectivity index (χ3n) is 7.54. The Morgan fingerprint density at radius 2 is 1.67 bits per heavy atom. The topological polar surface area (TPSA) is 74.3 Å². The maximum absolute atomic E-state index is 12.9. The van der Waals surface area contributed by atoms with Crippen LogP contribution in [0.25, 0.3) is 0 Å². The molecule has 2 N–H and O–H groups in total. The van der Waals surface area contributed by atoms with Crippen molar-refractivity contribution in [3.05, 3.63) is 23.9 Å². The molecule has 4 aliphatic carbocycles. The van der Waals surface area contributed by atoms with Gasteiger partial charge in [0.1, 0.15) is 5.82 Å². The van der Waals surface area contributed by atoms with Crippen molar-refractivity contribution in [1.82, 2.24) is 15.6 Å². The second kappa shape index (κ2) is 8.94. The van der Waals surface area contributed by atoms with E-state index in [0.717, 1.165) is 61.5 Å². The molecule has 0 spiro atoms. The highest BCUT2D eigenvalue weighted by Crippen LogP contribution is 2.60. The Morgan fingerprint density at radius 1 is 1.03 bits per heavy atom. The second-order valence-electron chi connectivity index (χ2n) is 9.68. The largest absolute Gasteiger partial charge is 0.357 e. The van der Waals surface area contributed by atoms with Crippen molar-refractivity contribution < 1.29 is 9.59 Å². The second-order valence-corrected chi connectivity index (χ2v) is 9.68. The molecule has 0 unspecified atom stereocenters. The summed E-state index contributed by atoms with van der Waals surface area (Å²) in [7, 11) is 0. The van der Waals surface area contributed by atoms with Crippen LogP contribution >= 0.6 is 0 Å². The molecule has 1 heterocycles. The Bertz CT molecular complexity index is 722. The van der Waals surface area contributed by atoms with E-state index in [1.807, 2.05) is 18.3 Å². The number of aromatic nitrogens is 1. The molecule has 5 rings (SSSR count). The highest BCUT2D eigenvalue weighted by molar-refractivity contribution is 5.84. The SMILES string of the molecule is CCN(CC)c1ccc(CNC(=O)CCNC(=O)C23CC4CC(CC(C4)C2)C3)cn1. The lowest BCUT2D eigenvalue weighted by atomic mass is 9.49. The van der Waals surface area contributed by atoms with Crippen molar-refractivity contribution >= 4 is 17.6 Å². The highest BCUT2D eigenvalue weighted by Gasteiger charge is 2.54. The minimum absolute atomic E-state index is 0.0337. The number of carbonyl (C=O) groups excluding carboxylic acids is 2. The van der Waals surface area contributed by atoms with Crippen molar-refractivity contribution in [3.63, 3.8) is 0 Å². The number of pyridine rings is 1. The van der Waals surface area contributed by atoms with Crippen molar-refractivity contribution in [2.24, 2.45) is 23.2 Å². The fourth-order valence-corrected chi connectivity index (χ4v) is 6.41. The third-order valence-corrected chi connectivity index (χ3v) is 7.54. The number of hydrogen-bond donors (Lipinski definition) is 2. The maximum Gasteiger partial charge on any atom is 0.226 e. The van der Waals surface area contributed by atoms with Crippen molar-refractivity contribution in [1.29, 1.82) is 0 Å². The van der Waals surface area contributed by atoms with Crippen LogP contribution in [0.15, 0.2) is 18.3 Å². The zero-order chi connectivity index (χ0) is 21.1. The highest BCUT2D eigenvalue weighted by atomic mass is 16.2. The molecule has 0 saturated heterocycles. The summed E-state index contributed by atoms with van der Waals surface area (Å²) in [6, 6.07) is 4.01. The summed E-state index contributed by atoms with van der Waals surface area (Å²) >= 11 is 0. The smallest absolute Gasteiger partial charge is 0.226 e. The van der Waals surface area contributed by atoms with Gasteiger partial charge in [-0.2, -0.15) is 0 Å². The van der Waals surface area contributed by atoms with Crippen molar-refractivity contribution in [3.8, 4) is 0 Å². The molecule has 0 aromatic carbocycles. The average Bonchev–Trinajstić information content (AvgIpc) is 2.73. The van der Waals surface area contributed by atoms with Crippen LogP contribution in [0.3, 0.4) is 0 Å². The molecule has 2 amide bonds. The van der Waals surface area contributed by atoms with Gasteiger partial charge in [0.2, 0.25) is 11.8 Å². The molecule has 6 heteroatoms. The number of amides is 2. The molecule has 4 saturated carbocycles. The number of rotatable bonds is 9. The number of carbonyl (C=O) groups is 2. The summed E-state index contributed by atoms with van der Waals surface area (Å²) in [4.78, 5) is 31.8. The Balaban J connectivity index is 1.19. The minimum atomic E-state index is -0.135. The van der Waals surface area contributed by atoms with Crippen LogP contribution in [0.2, 0.25) is 0 Å². The molecule has 0 radical (unpaired) electrons. The average molecular weight is 413 g/mol. The van der Waals surface area contributed by atoms with Gasteiger partial charge in [0.15, 0.2) is 0 Å². The molecule has 164 valence electrons. The Labute approximate surface area is 180 Å². The lowest BCUT2D eigenvalue weighted by molar-refractivity contribution is -0.146. The van der Waals surface area contributed by atoms with E-state index < -0.39 is 0 Å². The number of hydrogen-bond acceptors (Lipinski definition) is 4. The van der Waals surface area contributed by atoms with Crippen molar-refractivity contribution in [2.45, 2.75) is 65.3 Å². The zero-order valence-corrected chi connectivity index (χ0v) is 18.5. The fraction of sp³-hybridized carbons (Fsp3) is 0.708. The van der Waals surface area contributed by atoms with Crippen LogP contribution in [0.5, 0.6) is 0 Å². The summed E-state index contributed by atoms with van der Waals surface area (Å²) in [5.41, 5.74) is 0.848. The Morgan fingerprint density at radius 3 is 2.20 bits per heavy atom. The van der Waals surface area contributed by atoms with E-state index in [1.54, 1.807) is 0 Å². The van der Waals surface area contributed by atoms with Gasteiger partial charge >= 0.3 is 0 Å². The van der Waals surface area contributed by atoms with E-state index in [9.17, 15) is 9.59 Å². The summed E-state index contributed by atoms with van der Waals surface area (Å²) in [5.74, 6) is 3.40. The van der Waals surface area contributed by atoms with Gasteiger partial charge in [-0.1, -0.05) is 6.07 Å². The summed E-state index contributed by atoms with van der Waals surface area (Å²) in [6.07, 6.45) is 9.33. The normalized spacial score (nSPS) is 28.9. The standard InChI is InChI=1S/C24H36N4O2/c1-3-28(4-2)21-6-5-17(15-26-21)16-27-22(29)7-8-25-23(30)24-12-18-9-19(13-24)11-20(10-18)14-24/h5-6,15,18-20H,3-4,7-14,16H2,1-2H3,(H,25,30)(H,27,29). The van der Waals surface area contributed by atoms with E-state index in [2.05, 4.69) is 34.4 Å². The van der Waals surface area contributed by atoms with E-state index in [4.69, 9.17) is 0 Å². The predicted molar refractivity (Wildman–Crippen MR) is 118 cm³/mol. The molecule has 0 aliphatic heterocycles. The van der Waals surface area contributed by atoms with Gasteiger partial charge in [-0.15, -0.1) is 0 Å². The van der Waals surface area contributed by atoms with Crippen LogP contribution in [0.4, 0.5) is 5.82 Å². The first kappa shape index (κ1) is 21.1. The maximum atomic E-state index is 12.9. The number of nitrogens with zero attached hydrogens (tertiary/aromatic N) is 2. The predicted octanol–water partition coefficient (Wildman–Crippen LogP) is 3.27. The number of anilines is 1. The van der Waals surface area contributed by atoms with Crippen LogP contribution in [-0.4, -0.2) is 36.4 Å². The Kier molecular flexibility index (Phi) is 6.30. The molecule has 30 heavy (non-hydrogen) atoms. The minimum Gasteiger partial charge on any atom is -0.357 e. The lowest BCUT2D eigenvalue weighted by Crippen LogP contribution is -2.53. The molecular weight excluding hydrogens is 376 g/mol. The zero-order valence-electron chi connectivity index (χ0n) is 18.5. The first-order valence-corrected chi connectivity index (χ1v) is 11.8. The molecule has 6 nitrogen and oxygen atoms in total. The van der Waals surface area contributed by atoms with E-state index in [0.29, 0.717) is 19.5 Å². The fourth-order valence-electron chi connectivity index (χ4n) is 6.41. The van der Waals surface area contributed by atoms with Gasteiger partial charge in [0.25, 0.3) is 0 Å². The molecule has 4 aliphatic rings. The monoisotopic (exact) mass is 412 g/mol. The molecule has 1 aromatic rings. The Hall–Kier alpha value is -2.11. The van der Waals surface area contributed by atoms with Gasteiger partial charge in [-0.3, -0.25) is 9.59 Å². The summed E-state index contributed by atoms with van der Waals surface area (Å²) in [6.45, 7) is 6.96. The van der Waals surface area contributed by atoms with Crippen LogP contribution in [-0.2, 0) is 16.1 Å². The van der Waals surface area contributed by atoms with E-state index in [-0.39, 0.29) is 17.2 Å². The van der Waals surface area contributed by atoms with Crippen LogP contribution in [0.1, 0.15) is 64.4 Å². The molecular formula is C24H36N4O2. The summed E-state index contributed by atoms with van der Waals surface area (Å²) < 4.78 is 0. The van der Waals surface area contributed by atoms with E-state index in [1.165, 1.54) is 19.3 Å². The first-order chi connectivity index (χ1) is 14.5. The molecule has 4 fully saturated rings. The molecule has 0 atom stereocenters. The third kappa shape index (κ3) is 4.47. The quantitative estimate of drug-likeness (QED) is 0.653. The van der Waals surface area contributed by atoms with Gasteiger partial charge in [-0.25, -0.2) is 4.98 Å². The summed E-state index contributed by atoms with van der Waals surface area (Å²) in [5, 5.41) is 6.02. The first-order valence-electron chi connectivity index (χ1n) is 11.8. The van der Waals surface area contributed by atoms with Crippen LogP contribution in [0, 0.1) is 23.2 Å². The van der Waals surface area contributed by atoms with Gasteiger partial charge in [-0.05, 0) is 81.8 Å². The van der Waals surface area contributed by atoms with Gasteiger partial charge in [0.05, 0.1) is 0 Å². The van der Waals surface area contributed by atoms with Crippen molar-refractivity contribution in [2.75, 3.05) is 24.5 Å². The van der Waals surface area contributed by atoms with Gasteiger partial charge < -0.3 is 15.5 Å². The van der Waals surface area contributed by atoms with Gasteiger partial charge in [0, 0.05) is 44.2 Å². The van der Waals surface area contributed by atoms with E-state index >= 15 is 0 Å².